The number of pyridine rings is 1. The van der Waals surface area contributed by atoms with E-state index in [2.05, 4.69) is 54.0 Å². The van der Waals surface area contributed by atoms with Gasteiger partial charge < -0.3 is 4.74 Å². The Labute approximate surface area is 178 Å². The Morgan fingerprint density at radius 1 is 0.967 bits per heavy atom. The zero-order chi connectivity index (χ0) is 21.2. The molecule has 0 N–H and O–H groups in total. The lowest BCUT2D eigenvalue weighted by Crippen LogP contribution is -1.92. The smallest absolute Gasteiger partial charge is 0.119 e. The lowest BCUT2D eigenvalue weighted by Gasteiger charge is -2.07. The summed E-state index contributed by atoms with van der Waals surface area (Å²) in [5.74, 6) is 0.821. The van der Waals surface area contributed by atoms with E-state index in [0.717, 1.165) is 46.5 Å². The molecule has 2 aromatic carbocycles. The second kappa shape index (κ2) is 11.1. The Bertz CT molecular complexity index is 942. The second-order valence-corrected chi connectivity index (χ2v) is 7.29. The van der Waals surface area contributed by atoms with Gasteiger partial charge in [-0.2, -0.15) is 0 Å². The van der Waals surface area contributed by atoms with Crippen molar-refractivity contribution < 1.29 is 9.13 Å². The highest BCUT2D eigenvalue weighted by atomic mass is 19.1. The molecule has 3 rings (SSSR count). The number of aromatic nitrogens is 1. The number of nitrogens with zero attached hydrogens (tertiary/aromatic N) is 1. The normalized spacial score (nSPS) is 12.1. The highest BCUT2D eigenvalue weighted by Crippen LogP contribution is 2.25. The molecule has 0 saturated heterocycles. The molecule has 0 saturated carbocycles. The minimum Gasteiger partial charge on any atom is -0.490 e. The number of unbranched alkanes of at least 4 members (excludes halogenated alkanes) is 1. The molecule has 0 fully saturated rings. The summed E-state index contributed by atoms with van der Waals surface area (Å²) in [6.07, 6.45) is 9.54. The summed E-state index contributed by atoms with van der Waals surface area (Å²) in [5.41, 5.74) is 5.34. The maximum Gasteiger partial charge on any atom is 0.119 e. The van der Waals surface area contributed by atoms with Gasteiger partial charge in [-0.3, -0.25) is 4.98 Å². The van der Waals surface area contributed by atoms with E-state index in [-0.39, 0.29) is 0 Å². The van der Waals surface area contributed by atoms with Crippen LogP contribution in [0.15, 0.2) is 85.6 Å². The molecule has 154 valence electrons. The number of hydrogen-bond donors (Lipinski definition) is 0. The zero-order valence-corrected chi connectivity index (χ0v) is 17.4. The minimum absolute atomic E-state index is 0.499. The van der Waals surface area contributed by atoms with Crippen LogP contribution in [0.3, 0.4) is 0 Å². The lowest BCUT2D eigenvalue weighted by molar-refractivity contribution is 0.335. The van der Waals surface area contributed by atoms with Crippen LogP contribution in [0.2, 0.25) is 0 Å². The summed E-state index contributed by atoms with van der Waals surface area (Å²) in [6, 6.07) is 20.4. The van der Waals surface area contributed by atoms with Gasteiger partial charge in [-0.05, 0) is 67.6 Å². The fourth-order valence-electron chi connectivity index (χ4n) is 3.14. The first-order valence-electron chi connectivity index (χ1n) is 10.4. The molecule has 1 atom stereocenters. The van der Waals surface area contributed by atoms with E-state index < -0.39 is 6.17 Å². The Kier molecular flexibility index (Phi) is 7.96. The maximum atomic E-state index is 12.8. The minimum atomic E-state index is -0.714. The molecule has 2 nitrogen and oxygen atoms in total. The van der Waals surface area contributed by atoms with Gasteiger partial charge >= 0.3 is 0 Å². The molecule has 1 aromatic heterocycles. The van der Waals surface area contributed by atoms with Crippen molar-refractivity contribution in [3.05, 3.63) is 91.2 Å². The molecule has 0 aliphatic rings. The number of allylic oxidation sites excluding steroid dienone is 1. The third-order valence-electron chi connectivity index (χ3n) is 4.81. The molecule has 3 heteroatoms. The number of rotatable bonds is 10. The Morgan fingerprint density at radius 3 is 2.30 bits per heavy atom. The van der Waals surface area contributed by atoms with Crippen LogP contribution in [-0.2, 0) is 0 Å². The van der Waals surface area contributed by atoms with E-state index in [1.165, 1.54) is 0 Å². The molecule has 0 amide bonds. The average Bonchev–Trinajstić information content (AvgIpc) is 2.78. The topological polar surface area (TPSA) is 22.1 Å². The molecule has 0 spiro atoms. The predicted molar refractivity (Wildman–Crippen MR) is 124 cm³/mol. The standard InChI is InChI=1S/C27H28FNO/c1-3-19-30-26-16-13-24(14-17-26)27-18-15-25(20-29-27)23-11-9-22(10-12-23)8-6-4-5-7-21(2)28/h3,6,8-18,20-21H,1,4-5,7,19H2,2H3. The Morgan fingerprint density at radius 2 is 1.67 bits per heavy atom. The van der Waals surface area contributed by atoms with Crippen molar-refractivity contribution in [1.82, 2.24) is 4.98 Å². The largest absolute Gasteiger partial charge is 0.490 e. The third kappa shape index (κ3) is 6.41. The van der Waals surface area contributed by atoms with Gasteiger partial charge in [0.25, 0.3) is 0 Å². The third-order valence-corrected chi connectivity index (χ3v) is 4.81. The van der Waals surface area contributed by atoms with E-state index in [4.69, 9.17) is 4.74 Å². The van der Waals surface area contributed by atoms with E-state index in [0.29, 0.717) is 13.0 Å². The van der Waals surface area contributed by atoms with Gasteiger partial charge in [-0.1, -0.05) is 55.1 Å². The van der Waals surface area contributed by atoms with Gasteiger partial charge in [0, 0.05) is 17.3 Å². The van der Waals surface area contributed by atoms with Crippen molar-refractivity contribution in [3.63, 3.8) is 0 Å². The van der Waals surface area contributed by atoms with Crippen LogP contribution in [-0.4, -0.2) is 17.8 Å². The van der Waals surface area contributed by atoms with Crippen molar-refractivity contribution >= 4 is 6.08 Å². The molecule has 0 radical (unpaired) electrons. The van der Waals surface area contributed by atoms with Crippen LogP contribution >= 0.6 is 0 Å². The molecule has 1 heterocycles. The van der Waals surface area contributed by atoms with Crippen molar-refractivity contribution in [2.24, 2.45) is 0 Å². The van der Waals surface area contributed by atoms with Crippen LogP contribution in [0.5, 0.6) is 5.75 Å². The van der Waals surface area contributed by atoms with Crippen LogP contribution in [0.25, 0.3) is 28.5 Å². The number of alkyl halides is 1. The molecule has 1 unspecified atom stereocenters. The van der Waals surface area contributed by atoms with Gasteiger partial charge in [0.1, 0.15) is 12.4 Å². The predicted octanol–water partition coefficient (Wildman–Crippen LogP) is 7.52. The maximum absolute atomic E-state index is 12.8. The number of benzene rings is 2. The number of halogens is 1. The Balaban J connectivity index is 1.60. The second-order valence-electron chi connectivity index (χ2n) is 7.29. The van der Waals surface area contributed by atoms with Crippen molar-refractivity contribution in [1.29, 1.82) is 0 Å². The summed E-state index contributed by atoms with van der Waals surface area (Å²) in [4.78, 5) is 4.62. The Hall–Kier alpha value is -3.20. The van der Waals surface area contributed by atoms with Crippen molar-refractivity contribution in [3.8, 4) is 28.1 Å². The molecule has 0 aliphatic carbocycles. The quantitative estimate of drug-likeness (QED) is 0.259. The molecular weight excluding hydrogens is 373 g/mol. The summed E-state index contributed by atoms with van der Waals surface area (Å²) < 4.78 is 18.3. The lowest BCUT2D eigenvalue weighted by atomic mass is 10.0. The van der Waals surface area contributed by atoms with Crippen LogP contribution in [0.4, 0.5) is 4.39 Å². The molecule has 0 aliphatic heterocycles. The summed E-state index contributed by atoms with van der Waals surface area (Å²) in [5, 5.41) is 0. The highest BCUT2D eigenvalue weighted by Gasteiger charge is 2.03. The number of hydrogen-bond acceptors (Lipinski definition) is 2. The molecule has 30 heavy (non-hydrogen) atoms. The van der Waals surface area contributed by atoms with Crippen LogP contribution < -0.4 is 4.74 Å². The van der Waals surface area contributed by atoms with Crippen LogP contribution in [0.1, 0.15) is 31.7 Å². The summed E-state index contributed by atoms with van der Waals surface area (Å²) in [7, 11) is 0. The van der Waals surface area contributed by atoms with Crippen molar-refractivity contribution in [2.45, 2.75) is 32.4 Å². The van der Waals surface area contributed by atoms with Gasteiger partial charge in [-0.25, -0.2) is 4.39 Å². The summed E-state index contributed by atoms with van der Waals surface area (Å²) in [6.45, 7) is 5.76. The van der Waals surface area contributed by atoms with E-state index in [9.17, 15) is 4.39 Å². The molecular formula is C27H28FNO. The van der Waals surface area contributed by atoms with E-state index >= 15 is 0 Å². The molecule has 0 bridgehead atoms. The van der Waals surface area contributed by atoms with Crippen LogP contribution in [0, 0.1) is 0 Å². The first-order chi connectivity index (χ1) is 14.7. The van der Waals surface area contributed by atoms with Gasteiger partial charge in [0.05, 0.1) is 11.9 Å². The van der Waals surface area contributed by atoms with Gasteiger partial charge in [0.2, 0.25) is 0 Å². The van der Waals surface area contributed by atoms with Crippen molar-refractivity contribution in [2.75, 3.05) is 6.61 Å². The fourth-order valence-corrected chi connectivity index (χ4v) is 3.14. The SMILES string of the molecule is C=CCOc1ccc(-c2ccc(-c3ccc(C=CCCCC(C)F)cc3)cn2)cc1. The van der Waals surface area contributed by atoms with E-state index in [1.807, 2.05) is 36.5 Å². The van der Waals surface area contributed by atoms with E-state index in [1.54, 1.807) is 13.0 Å². The monoisotopic (exact) mass is 401 g/mol. The first-order valence-corrected chi connectivity index (χ1v) is 10.4. The van der Waals surface area contributed by atoms with Gasteiger partial charge in [-0.15, -0.1) is 0 Å². The average molecular weight is 402 g/mol. The summed E-state index contributed by atoms with van der Waals surface area (Å²) >= 11 is 0. The fraction of sp³-hybridized carbons (Fsp3) is 0.222. The molecule has 3 aromatic rings. The van der Waals surface area contributed by atoms with Gasteiger partial charge in [0.15, 0.2) is 0 Å². The highest BCUT2D eigenvalue weighted by molar-refractivity contribution is 5.68. The zero-order valence-electron chi connectivity index (χ0n) is 17.4. The first kappa shape index (κ1) is 21.5. The number of ether oxygens (including phenoxy) is 1.